The molecule has 1 unspecified atom stereocenters. The number of nitrogens with one attached hydrogen (secondary N) is 2. The number of hydrogen-bond donors (Lipinski definition) is 2. The highest BCUT2D eigenvalue weighted by Crippen LogP contribution is 2.25. The molecule has 0 aliphatic rings. The predicted octanol–water partition coefficient (Wildman–Crippen LogP) is 3.04. The zero-order chi connectivity index (χ0) is 20.7. The molecule has 6 heteroatoms. The minimum atomic E-state index is -0.380. The molecule has 0 aliphatic heterocycles. The van der Waals surface area contributed by atoms with E-state index >= 15 is 0 Å². The van der Waals surface area contributed by atoms with Crippen LogP contribution in [-0.2, 0) is 4.79 Å². The van der Waals surface area contributed by atoms with Gasteiger partial charge in [-0.15, -0.1) is 0 Å². The fourth-order valence-electron chi connectivity index (χ4n) is 2.70. The summed E-state index contributed by atoms with van der Waals surface area (Å²) in [5.74, 6) is 0.193. The number of nitrogens with zero attached hydrogens (tertiary/aromatic N) is 1. The molecule has 2 N–H and O–H groups in total. The SMILES string of the molecule is Cc1cccc(C)c1OCC(NC(=O)CNC(=O)c1ccccn1)C(C)(C)C. The third-order valence-electron chi connectivity index (χ3n) is 4.49. The van der Waals surface area contributed by atoms with Gasteiger partial charge in [-0.05, 0) is 42.5 Å². The Balaban J connectivity index is 1.94. The van der Waals surface area contributed by atoms with Gasteiger partial charge < -0.3 is 15.4 Å². The summed E-state index contributed by atoms with van der Waals surface area (Å²) in [7, 11) is 0. The molecule has 0 radical (unpaired) electrons. The summed E-state index contributed by atoms with van der Waals surface area (Å²) >= 11 is 0. The smallest absolute Gasteiger partial charge is 0.270 e. The van der Waals surface area contributed by atoms with Crippen molar-refractivity contribution in [1.29, 1.82) is 0 Å². The highest BCUT2D eigenvalue weighted by molar-refractivity contribution is 5.94. The van der Waals surface area contributed by atoms with Crippen molar-refractivity contribution in [2.75, 3.05) is 13.2 Å². The molecule has 0 saturated carbocycles. The second kappa shape index (κ2) is 9.35. The molecule has 28 heavy (non-hydrogen) atoms. The number of pyridine rings is 1. The molecule has 1 heterocycles. The summed E-state index contributed by atoms with van der Waals surface area (Å²) in [5.41, 5.74) is 2.18. The van der Waals surface area contributed by atoms with E-state index in [1.165, 1.54) is 6.20 Å². The zero-order valence-electron chi connectivity index (χ0n) is 17.2. The number of para-hydroxylation sites is 1. The Hall–Kier alpha value is -2.89. The van der Waals surface area contributed by atoms with Gasteiger partial charge in [0.2, 0.25) is 5.91 Å². The molecule has 1 aromatic heterocycles. The van der Waals surface area contributed by atoms with Crippen LogP contribution in [0.1, 0.15) is 42.4 Å². The van der Waals surface area contributed by atoms with Crippen molar-refractivity contribution in [3.8, 4) is 5.75 Å². The molecule has 1 atom stereocenters. The van der Waals surface area contributed by atoms with Gasteiger partial charge in [-0.2, -0.15) is 0 Å². The van der Waals surface area contributed by atoms with Gasteiger partial charge in [0.15, 0.2) is 0 Å². The Bertz CT molecular complexity index is 793. The van der Waals surface area contributed by atoms with Crippen LogP contribution in [-0.4, -0.2) is 36.0 Å². The van der Waals surface area contributed by atoms with Crippen molar-refractivity contribution < 1.29 is 14.3 Å². The number of rotatable bonds is 7. The minimum Gasteiger partial charge on any atom is -0.491 e. The van der Waals surface area contributed by atoms with Crippen molar-refractivity contribution >= 4 is 11.8 Å². The maximum atomic E-state index is 12.4. The van der Waals surface area contributed by atoms with Crippen LogP contribution in [0.3, 0.4) is 0 Å². The molecule has 0 saturated heterocycles. The quantitative estimate of drug-likeness (QED) is 0.770. The van der Waals surface area contributed by atoms with Gasteiger partial charge in [0.05, 0.1) is 12.6 Å². The Morgan fingerprint density at radius 1 is 1.07 bits per heavy atom. The first-order valence-electron chi connectivity index (χ1n) is 9.36. The third kappa shape index (κ3) is 6.08. The number of hydrogen-bond acceptors (Lipinski definition) is 4. The van der Waals surface area contributed by atoms with Gasteiger partial charge >= 0.3 is 0 Å². The fraction of sp³-hybridized carbons (Fsp3) is 0.409. The van der Waals surface area contributed by atoms with Gasteiger partial charge in [-0.1, -0.05) is 45.0 Å². The first-order valence-corrected chi connectivity index (χ1v) is 9.36. The monoisotopic (exact) mass is 383 g/mol. The van der Waals surface area contributed by atoms with Gasteiger partial charge in [-0.3, -0.25) is 14.6 Å². The van der Waals surface area contributed by atoms with E-state index in [2.05, 4.69) is 15.6 Å². The van der Waals surface area contributed by atoms with Crippen molar-refractivity contribution in [2.45, 2.75) is 40.7 Å². The molecule has 0 fully saturated rings. The van der Waals surface area contributed by atoms with E-state index in [0.29, 0.717) is 6.61 Å². The highest BCUT2D eigenvalue weighted by atomic mass is 16.5. The Morgan fingerprint density at radius 2 is 1.75 bits per heavy atom. The molecule has 150 valence electrons. The van der Waals surface area contributed by atoms with Crippen LogP contribution in [0.5, 0.6) is 5.75 Å². The molecule has 2 rings (SSSR count). The lowest BCUT2D eigenvalue weighted by molar-refractivity contribution is -0.121. The number of carbonyl (C=O) groups is 2. The van der Waals surface area contributed by atoms with Crippen molar-refractivity contribution in [2.24, 2.45) is 5.41 Å². The van der Waals surface area contributed by atoms with Crippen LogP contribution in [0.25, 0.3) is 0 Å². The van der Waals surface area contributed by atoms with E-state index in [1.807, 2.05) is 52.8 Å². The Morgan fingerprint density at radius 3 is 2.32 bits per heavy atom. The number of amides is 2. The van der Waals surface area contributed by atoms with E-state index in [9.17, 15) is 9.59 Å². The van der Waals surface area contributed by atoms with Crippen LogP contribution < -0.4 is 15.4 Å². The van der Waals surface area contributed by atoms with Crippen LogP contribution in [0.15, 0.2) is 42.6 Å². The summed E-state index contributed by atoms with van der Waals surface area (Å²) < 4.78 is 6.04. The molecular formula is C22H29N3O3. The maximum Gasteiger partial charge on any atom is 0.270 e. The van der Waals surface area contributed by atoms with Gasteiger partial charge in [0.25, 0.3) is 5.91 Å². The molecular weight excluding hydrogens is 354 g/mol. The molecule has 2 aromatic rings. The molecule has 0 aliphatic carbocycles. The number of ether oxygens (including phenoxy) is 1. The van der Waals surface area contributed by atoms with Crippen LogP contribution >= 0.6 is 0 Å². The number of carbonyl (C=O) groups excluding carboxylic acids is 2. The third-order valence-corrected chi connectivity index (χ3v) is 4.49. The summed E-state index contributed by atoms with van der Waals surface area (Å²) in [5, 5.41) is 5.57. The van der Waals surface area contributed by atoms with Gasteiger partial charge in [-0.25, -0.2) is 0 Å². The second-order valence-corrected chi connectivity index (χ2v) is 7.92. The summed E-state index contributed by atoms with van der Waals surface area (Å²) in [6.07, 6.45) is 1.54. The standard InChI is InChI=1S/C22H29N3O3/c1-15-9-8-10-16(2)20(15)28-14-18(22(3,4)5)25-19(26)13-24-21(27)17-11-6-7-12-23-17/h6-12,18H,13-14H2,1-5H3,(H,24,27)(H,25,26). The van der Waals surface area contributed by atoms with Gasteiger partial charge in [0, 0.05) is 6.20 Å². The van der Waals surface area contributed by atoms with Gasteiger partial charge in [0.1, 0.15) is 18.1 Å². The molecule has 2 amide bonds. The summed E-state index contributed by atoms with van der Waals surface area (Å²) in [4.78, 5) is 28.4. The molecule has 0 spiro atoms. The summed E-state index contributed by atoms with van der Waals surface area (Å²) in [6.45, 7) is 10.3. The molecule has 6 nitrogen and oxygen atoms in total. The Labute approximate surface area is 166 Å². The zero-order valence-corrected chi connectivity index (χ0v) is 17.2. The Kier molecular flexibility index (Phi) is 7.15. The fourth-order valence-corrected chi connectivity index (χ4v) is 2.70. The normalized spacial score (nSPS) is 12.2. The van der Waals surface area contributed by atoms with E-state index in [1.54, 1.807) is 18.2 Å². The second-order valence-electron chi connectivity index (χ2n) is 7.92. The van der Waals surface area contributed by atoms with Crippen LogP contribution in [0, 0.1) is 19.3 Å². The predicted molar refractivity (Wildman–Crippen MR) is 109 cm³/mol. The largest absolute Gasteiger partial charge is 0.491 e. The van der Waals surface area contributed by atoms with Crippen LogP contribution in [0.4, 0.5) is 0 Å². The average molecular weight is 383 g/mol. The lowest BCUT2D eigenvalue weighted by atomic mass is 9.87. The van der Waals surface area contributed by atoms with E-state index < -0.39 is 0 Å². The average Bonchev–Trinajstić information content (AvgIpc) is 2.64. The number of aryl methyl sites for hydroxylation is 2. The maximum absolute atomic E-state index is 12.4. The first kappa shape index (κ1) is 21.4. The minimum absolute atomic E-state index is 0.120. The lowest BCUT2D eigenvalue weighted by Gasteiger charge is -2.31. The molecule has 1 aromatic carbocycles. The van der Waals surface area contributed by atoms with Crippen LogP contribution in [0.2, 0.25) is 0 Å². The summed E-state index contributed by atoms with van der Waals surface area (Å²) in [6, 6.07) is 10.8. The number of benzene rings is 1. The number of aromatic nitrogens is 1. The van der Waals surface area contributed by atoms with E-state index in [4.69, 9.17) is 4.74 Å². The molecule has 0 bridgehead atoms. The van der Waals surface area contributed by atoms with E-state index in [-0.39, 0.29) is 35.5 Å². The topological polar surface area (TPSA) is 80.3 Å². The van der Waals surface area contributed by atoms with Crippen molar-refractivity contribution in [3.63, 3.8) is 0 Å². The van der Waals surface area contributed by atoms with Crippen molar-refractivity contribution in [3.05, 3.63) is 59.4 Å². The van der Waals surface area contributed by atoms with E-state index in [0.717, 1.165) is 16.9 Å². The lowest BCUT2D eigenvalue weighted by Crippen LogP contribution is -2.50. The first-order chi connectivity index (χ1) is 13.2. The van der Waals surface area contributed by atoms with Crippen molar-refractivity contribution in [1.82, 2.24) is 15.6 Å². The highest BCUT2D eigenvalue weighted by Gasteiger charge is 2.27.